The summed E-state index contributed by atoms with van der Waals surface area (Å²) >= 11 is 13.4. The van der Waals surface area contributed by atoms with Crippen LogP contribution in [0.4, 0.5) is 0 Å². The maximum absolute atomic E-state index is 13.1. The van der Waals surface area contributed by atoms with Crippen LogP contribution in [0.2, 0.25) is 10.0 Å². The molecule has 2 aromatic carbocycles. The Morgan fingerprint density at radius 3 is 2.26 bits per heavy atom. The Morgan fingerprint density at radius 1 is 1.00 bits per heavy atom. The molecular formula is C26H27Cl2N7O6S. The third-order valence-electron chi connectivity index (χ3n) is 6.06. The second-order valence-corrected chi connectivity index (χ2v) is 10.9. The molecule has 1 aromatic heterocycles. The normalized spacial score (nSPS) is 13.0. The summed E-state index contributed by atoms with van der Waals surface area (Å²) in [5, 5.41) is 26.4. The fourth-order valence-corrected chi connectivity index (χ4v) is 5.04. The Balaban J connectivity index is 1.66. The number of amides is 3. The molecule has 0 spiro atoms. The fourth-order valence-electron chi connectivity index (χ4n) is 3.61. The molecule has 3 amide bonds. The molecule has 0 aliphatic rings. The molecule has 3 atom stereocenters. The lowest BCUT2D eigenvalue weighted by atomic mass is 10.1. The number of carboxylic acids is 1. The highest BCUT2D eigenvalue weighted by Crippen LogP contribution is 2.37. The molecule has 0 saturated heterocycles. The van der Waals surface area contributed by atoms with Crippen molar-refractivity contribution < 1.29 is 29.1 Å². The van der Waals surface area contributed by atoms with Gasteiger partial charge in [0, 0.05) is 12.6 Å². The monoisotopic (exact) mass is 635 g/mol. The second-order valence-electron chi connectivity index (χ2n) is 9.08. The van der Waals surface area contributed by atoms with Gasteiger partial charge in [0.15, 0.2) is 5.78 Å². The quantitative estimate of drug-likeness (QED) is 0.252. The van der Waals surface area contributed by atoms with Gasteiger partial charge in [0.05, 0.1) is 27.4 Å². The first-order valence-electron chi connectivity index (χ1n) is 12.4. The Bertz CT molecular complexity index is 1450. The molecule has 0 fully saturated rings. The number of Topliss-reactive ketones (excluding diaryl/α,β-unsaturated/α-hetero) is 1. The number of carbonyl (C=O) groups is 5. The van der Waals surface area contributed by atoms with Gasteiger partial charge in [-0.15, -0.1) is 5.10 Å². The molecule has 0 aliphatic carbocycles. The number of nitrogens with zero attached hydrogens (tertiary/aromatic N) is 5. The first kappa shape index (κ1) is 32.5. The first-order valence-corrected chi connectivity index (χ1v) is 14.0. The molecular weight excluding hydrogens is 609 g/mol. The van der Waals surface area contributed by atoms with Crippen LogP contribution in [0.3, 0.4) is 0 Å². The molecule has 3 N–H and O–H groups in total. The zero-order valence-corrected chi connectivity index (χ0v) is 25.0. The van der Waals surface area contributed by atoms with Crippen LogP contribution in [0.25, 0.3) is 0 Å². The van der Waals surface area contributed by atoms with Crippen LogP contribution >= 0.6 is 35.0 Å². The van der Waals surface area contributed by atoms with Crippen molar-refractivity contribution in [2.45, 2.75) is 55.0 Å². The van der Waals surface area contributed by atoms with Crippen LogP contribution in [0.15, 0.2) is 58.6 Å². The molecule has 3 unspecified atom stereocenters. The predicted octanol–water partition coefficient (Wildman–Crippen LogP) is 2.33. The number of aliphatic carboxylic acids is 1. The maximum atomic E-state index is 13.1. The van der Waals surface area contributed by atoms with E-state index in [0.29, 0.717) is 20.5 Å². The van der Waals surface area contributed by atoms with Gasteiger partial charge in [-0.05, 0) is 60.3 Å². The summed E-state index contributed by atoms with van der Waals surface area (Å²) in [6, 6.07) is 9.66. The summed E-state index contributed by atoms with van der Waals surface area (Å²) in [6.07, 6.45) is -0.723. The van der Waals surface area contributed by atoms with Crippen molar-refractivity contribution in [1.82, 2.24) is 35.7 Å². The van der Waals surface area contributed by atoms with Gasteiger partial charge < -0.3 is 20.6 Å². The Kier molecular flexibility index (Phi) is 11.4. The number of carboxylic acid groups (broad SMARTS) is 1. The van der Waals surface area contributed by atoms with E-state index in [1.165, 1.54) is 20.9 Å². The Labute approximate surface area is 254 Å². The molecule has 3 rings (SSSR count). The summed E-state index contributed by atoms with van der Waals surface area (Å²) in [6.45, 7) is 2.41. The predicted molar refractivity (Wildman–Crippen MR) is 153 cm³/mol. The number of hydrogen-bond acceptors (Lipinski definition) is 9. The summed E-state index contributed by atoms with van der Waals surface area (Å²) < 4.78 is 1.13. The SMILES string of the molecule is CC(NC(=O)c1ccccc1)C(=O)N(C)C(C)C(=O)NC(CC(=O)O)C(=O)Cn1nnnc1Sc1c(Cl)cccc1Cl. The highest BCUT2D eigenvalue weighted by molar-refractivity contribution is 7.99. The van der Waals surface area contributed by atoms with Gasteiger partial charge in [-0.2, -0.15) is 0 Å². The lowest BCUT2D eigenvalue weighted by Gasteiger charge is -2.28. The van der Waals surface area contributed by atoms with E-state index in [0.717, 1.165) is 21.3 Å². The molecule has 0 aliphatic heterocycles. The number of ketones is 1. The lowest BCUT2D eigenvalue weighted by molar-refractivity contribution is -0.143. The highest BCUT2D eigenvalue weighted by Gasteiger charge is 2.31. The molecule has 0 saturated carbocycles. The Morgan fingerprint density at radius 2 is 1.64 bits per heavy atom. The van der Waals surface area contributed by atoms with E-state index >= 15 is 0 Å². The van der Waals surface area contributed by atoms with Crippen LogP contribution in [0.5, 0.6) is 0 Å². The van der Waals surface area contributed by atoms with E-state index in [1.807, 2.05) is 0 Å². The highest BCUT2D eigenvalue weighted by atomic mass is 35.5. The third kappa shape index (κ3) is 8.50. The number of aromatic nitrogens is 4. The Hall–Kier alpha value is -4.01. The van der Waals surface area contributed by atoms with Crippen LogP contribution in [-0.2, 0) is 25.7 Å². The largest absolute Gasteiger partial charge is 0.481 e. The maximum Gasteiger partial charge on any atom is 0.305 e. The number of rotatable bonds is 13. The van der Waals surface area contributed by atoms with Gasteiger partial charge in [-0.1, -0.05) is 47.5 Å². The fraction of sp³-hybridized carbons (Fsp3) is 0.308. The van der Waals surface area contributed by atoms with Crippen molar-refractivity contribution in [3.05, 3.63) is 64.1 Å². The van der Waals surface area contributed by atoms with Gasteiger partial charge >= 0.3 is 5.97 Å². The molecule has 42 heavy (non-hydrogen) atoms. The minimum Gasteiger partial charge on any atom is -0.481 e. The van der Waals surface area contributed by atoms with Gasteiger partial charge in [0.2, 0.25) is 17.0 Å². The van der Waals surface area contributed by atoms with Crippen molar-refractivity contribution >= 4 is 64.4 Å². The van der Waals surface area contributed by atoms with E-state index in [9.17, 15) is 29.1 Å². The molecule has 1 heterocycles. The zero-order chi connectivity index (χ0) is 31.0. The number of likely N-dealkylation sites (N-methyl/N-ethyl adjacent to an activating group) is 1. The van der Waals surface area contributed by atoms with Crippen LogP contribution in [0, 0.1) is 0 Å². The molecule has 3 aromatic rings. The van der Waals surface area contributed by atoms with E-state index in [1.54, 1.807) is 48.5 Å². The standard InChI is InChI=1S/C26H27Cl2N7O6S/c1-14(29-24(40)16-8-5-4-6-9-16)25(41)34(3)15(2)23(39)30-19(12-21(37)38)20(36)13-35-26(31-32-33-35)42-22-17(27)10-7-11-18(22)28/h4-11,14-15,19H,12-13H2,1-3H3,(H,29,40)(H,30,39)(H,37,38). The summed E-state index contributed by atoms with van der Waals surface area (Å²) in [7, 11) is 1.36. The molecule has 0 radical (unpaired) electrons. The first-order chi connectivity index (χ1) is 19.9. The molecule has 16 heteroatoms. The van der Waals surface area contributed by atoms with Crippen molar-refractivity contribution in [1.29, 1.82) is 0 Å². The van der Waals surface area contributed by atoms with Crippen molar-refractivity contribution in [3.8, 4) is 0 Å². The van der Waals surface area contributed by atoms with Crippen LogP contribution < -0.4 is 10.6 Å². The van der Waals surface area contributed by atoms with Crippen LogP contribution in [-0.4, -0.2) is 84.9 Å². The van der Waals surface area contributed by atoms with E-state index in [2.05, 4.69) is 26.2 Å². The summed E-state index contributed by atoms with van der Waals surface area (Å²) in [5.41, 5.74) is 0.361. The number of hydrogen-bond donors (Lipinski definition) is 3. The molecule has 0 bridgehead atoms. The molecule has 222 valence electrons. The van der Waals surface area contributed by atoms with E-state index in [-0.39, 0.29) is 5.16 Å². The van der Waals surface area contributed by atoms with Gasteiger partial charge in [0.1, 0.15) is 18.6 Å². The second kappa shape index (κ2) is 14.8. The minimum absolute atomic E-state index is 0.156. The van der Waals surface area contributed by atoms with E-state index < -0.39 is 60.6 Å². The van der Waals surface area contributed by atoms with Crippen molar-refractivity contribution in [2.24, 2.45) is 0 Å². The minimum atomic E-state index is -1.46. The van der Waals surface area contributed by atoms with Gasteiger partial charge in [0.25, 0.3) is 5.91 Å². The third-order valence-corrected chi connectivity index (χ3v) is 8.04. The topological polar surface area (TPSA) is 176 Å². The number of halogens is 2. The number of benzene rings is 2. The average molecular weight is 637 g/mol. The van der Waals surface area contributed by atoms with Crippen LogP contribution in [0.1, 0.15) is 30.6 Å². The van der Waals surface area contributed by atoms with E-state index in [4.69, 9.17) is 23.2 Å². The number of carbonyl (C=O) groups excluding carboxylic acids is 4. The summed E-state index contributed by atoms with van der Waals surface area (Å²) in [4.78, 5) is 64.5. The van der Waals surface area contributed by atoms with Gasteiger partial charge in [-0.3, -0.25) is 24.0 Å². The van der Waals surface area contributed by atoms with Crippen molar-refractivity contribution in [2.75, 3.05) is 7.05 Å². The average Bonchev–Trinajstić information content (AvgIpc) is 3.39. The summed E-state index contributed by atoms with van der Waals surface area (Å²) in [5.74, 6) is -3.85. The number of nitrogens with one attached hydrogen (secondary N) is 2. The lowest BCUT2D eigenvalue weighted by Crippen LogP contribution is -2.55. The smallest absolute Gasteiger partial charge is 0.305 e. The molecule has 13 nitrogen and oxygen atoms in total. The number of tetrazole rings is 1. The zero-order valence-electron chi connectivity index (χ0n) is 22.7. The van der Waals surface area contributed by atoms with Crippen molar-refractivity contribution in [3.63, 3.8) is 0 Å². The van der Waals surface area contributed by atoms with Gasteiger partial charge in [-0.25, -0.2) is 4.68 Å².